The lowest BCUT2D eigenvalue weighted by Gasteiger charge is -2.12. The molecule has 0 radical (unpaired) electrons. The molecule has 5 nitrogen and oxygen atoms in total. The second-order valence-corrected chi connectivity index (χ2v) is 9.99. The van der Waals surface area contributed by atoms with Crippen LogP contribution in [0.4, 0.5) is 5.13 Å². The van der Waals surface area contributed by atoms with Crippen LogP contribution in [0.5, 0.6) is 5.75 Å². The molecule has 1 aliphatic rings. The van der Waals surface area contributed by atoms with E-state index in [1.54, 1.807) is 18.4 Å². The van der Waals surface area contributed by atoms with E-state index in [9.17, 15) is 0 Å². The van der Waals surface area contributed by atoms with Gasteiger partial charge in [0.25, 0.3) is 0 Å². The fourth-order valence-corrected chi connectivity index (χ4v) is 6.00. The average molecular weight is 505 g/mol. The molecule has 6 rings (SSSR count). The second-order valence-electron chi connectivity index (χ2n) is 8.10. The zero-order valence-electron chi connectivity index (χ0n) is 17.5. The predicted octanol–water partition coefficient (Wildman–Crippen LogP) is 6.56. The number of hydrogen-bond donors (Lipinski definition) is 1. The van der Waals surface area contributed by atoms with Gasteiger partial charge in [-0.3, -0.25) is 0 Å². The third-order valence-corrected chi connectivity index (χ3v) is 7.70. The van der Waals surface area contributed by atoms with Gasteiger partial charge in [0.1, 0.15) is 5.75 Å². The quantitative estimate of drug-likeness (QED) is 0.294. The van der Waals surface area contributed by atoms with Crippen molar-refractivity contribution in [3.05, 3.63) is 82.1 Å². The summed E-state index contributed by atoms with van der Waals surface area (Å²) in [4.78, 5) is 9.39. The highest BCUT2D eigenvalue weighted by Gasteiger charge is 2.22. The number of ether oxygens (including phenoxy) is 1. The van der Waals surface area contributed by atoms with Crippen molar-refractivity contribution in [3.63, 3.8) is 0 Å². The number of imidazole rings is 1. The van der Waals surface area contributed by atoms with Crippen LogP contribution in [0, 0.1) is 0 Å². The number of thiazole rings is 1. The number of hydrogen-bond acceptors (Lipinski definition) is 5. The minimum Gasteiger partial charge on any atom is -0.495 e. The normalized spacial score (nSPS) is 15.4. The Morgan fingerprint density at radius 2 is 2.06 bits per heavy atom. The highest BCUT2D eigenvalue weighted by Crippen LogP contribution is 2.36. The maximum absolute atomic E-state index is 5.46. The fraction of sp³-hybridized carbons (Fsp3) is 0.200. The van der Waals surface area contributed by atoms with Crippen molar-refractivity contribution in [1.29, 1.82) is 0 Å². The van der Waals surface area contributed by atoms with Crippen LogP contribution in [0.25, 0.3) is 21.3 Å². The molecular weight excluding hydrogens is 484 g/mol. The third kappa shape index (κ3) is 3.45. The molecule has 3 aromatic carbocycles. The molecule has 0 saturated heterocycles. The van der Waals surface area contributed by atoms with Crippen LogP contribution in [0.3, 0.4) is 0 Å². The first-order valence-electron chi connectivity index (χ1n) is 10.6. The average Bonchev–Trinajstić information content (AvgIpc) is 3.50. The van der Waals surface area contributed by atoms with Crippen LogP contribution >= 0.6 is 27.3 Å². The van der Waals surface area contributed by atoms with Gasteiger partial charge in [-0.1, -0.05) is 41.7 Å². The van der Waals surface area contributed by atoms with Gasteiger partial charge in [-0.15, -0.1) is 0 Å². The van der Waals surface area contributed by atoms with Crippen molar-refractivity contribution >= 4 is 53.6 Å². The Balaban J connectivity index is 1.27. The van der Waals surface area contributed by atoms with Crippen molar-refractivity contribution < 1.29 is 4.74 Å². The van der Waals surface area contributed by atoms with Crippen molar-refractivity contribution in [2.75, 3.05) is 12.4 Å². The molecule has 1 N–H and O–H groups in total. The number of nitrogens with zero attached hydrogens (tertiary/aromatic N) is 3. The minimum atomic E-state index is 0.345. The van der Waals surface area contributed by atoms with Crippen LogP contribution in [-0.2, 0) is 13.0 Å². The summed E-state index contributed by atoms with van der Waals surface area (Å²) in [6.45, 7) is 0.744. The highest BCUT2D eigenvalue weighted by atomic mass is 79.9. The van der Waals surface area contributed by atoms with Gasteiger partial charge in [-0.25, -0.2) is 9.97 Å². The van der Waals surface area contributed by atoms with Gasteiger partial charge in [0, 0.05) is 12.6 Å². The Morgan fingerprint density at radius 1 is 1.16 bits per heavy atom. The lowest BCUT2D eigenvalue weighted by molar-refractivity contribution is 0.412. The molecule has 1 aliphatic carbocycles. The predicted molar refractivity (Wildman–Crippen MR) is 134 cm³/mol. The first kappa shape index (κ1) is 19.8. The minimum absolute atomic E-state index is 0.345. The van der Waals surface area contributed by atoms with Gasteiger partial charge in [-0.05, 0) is 63.7 Å². The summed E-state index contributed by atoms with van der Waals surface area (Å²) in [5.41, 5.74) is 7.11. The summed E-state index contributed by atoms with van der Waals surface area (Å²) in [6.07, 6.45) is 4.13. The van der Waals surface area contributed by atoms with Crippen LogP contribution in [-0.4, -0.2) is 21.6 Å². The highest BCUT2D eigenvalue weighted by molar-refractivity contribution is 9.10. The van der Waals surface area contributed by atoms with E-state index >= 15 is 0 Å². The Labute approximate surface area is 198 Å². The van der Waals surface area contributed by atoms with E-state index in [4.69, 9.17) is 9.72 Å². The standard InChI is InChI=1S/C25H21BrN4OS/c1-31-23-12-22-21(11-18(23)26)27-14-30(22)13-15-6-8-20-24(10-15)32-25(29-20)28-19-9-7-16-4-2-3-5-17(16)19/h2-6,8,10-12,14,19H,7,9,13H2,1H3,(H,28,29). The molecule has 1 atom stereocenters. The summed E-state index contributed by atoms with van der Waals surface area (Å²) in [7, 11) is 1.68. The number of aryl methyl sites for hydroxylation is 1. The van der Waals surface area contributed by atoms with Gasteiger partial charge < -0.3 is 14.6 Å². The van der Waals surface area contributed by atoms with Crippen molar-refractivity contribution in [1.82, 2.24) is 14.5 Å². The smallest absolute Gasteiger partial charge is 0.184 e. The van der Waals surface area contributed by atoms with Crippen LogP contribution in [0.1, 0.15) is 29.2 Å². The van der Waals surface area contributed by atoms with E-state index in [0.717, 1.165) is 51.3 Å². The number of rotatable bonds is 5. The SMILES string of the molecule is COc1cc2c(cc1Br)ncn2Cc1ccc2nc(NC3CCc4ccccc43)sc2c1. The molecule has 32 heavy (non-hydrogen) atoms. The lowest BCUT2D eigenvalue weighted by Crippen LogP contribution is -2.06. The number of halogens is 1. The molecule has 2 heterocycles. The van der Waals surface area contributed by atoms with E-state index < -0.39 is 0 Å². The molecule has 0 fully saturated rings. The van der Waals surface area contributed by atoms with Crippen LogP contribution < -0.4 is 10.1 Å². The van der Waals surface area contributed by atoms with Crippen molar-refractivity contribution in [3.8, 4) is 5.75 Å². The number of anilines is 1. The Bertz CT molecular complexity index is 1460. The van der Waals surface area contributed by atoms with Crippen molar-refractivity contribution in [2.45, 2.75) is 25.4 Å². The zero-order valence-corrected chi connectivity index (χ0v) is 19.9. The number of methoxy groups -OCH3 is 1. The lowest BCUT2D eigenvalue weighted by atomic mass is 10.1. The fourth-order valence-electron chi connectivity index (χ4n) is 4.52. The van der Waals surface area contributed by atoms with Crippen LogP contribution in [0.15, 0.2) is 65.4 Å². The molecular formula is C25H21BrN4OS. The maximum atomic E-state index is 5.46. The van der Waals surface area contributed by atoms with Gasteiger partial charge in [0.2, 0.25) is 0 Å². The summed E-state index contributed by atoms with van der Waals surface area (Å²) >= 11 is 5.26. The van der Waals surface area contributed by atoms with E-state index in [1.807, 2.05) is 18.5 Å². The summed E-state index contributed by atoms with van der Waals surface area (Å²) in [5.74, 6) is 0.807. The molecule has 0 bridgehead atoms. The Morgan fingerprint density at radius 3 is 2.97 bits per heavy atom. The number of fused-ring (bicyclic) bond motifs is 3. The largest absolute Gasteiger partial charge is 0.495 e. The first-order chi connectivity index (χ1) is 15.7. The summed E-state index contributed by atoms with van der Waals surface area (Å²) in [6, 6.07) is 19.6. The van der Waals surface area contributed by atoms with Gasteiger partial charge in [0.05, 0.1) is 45.2 Å². The molecule has 160 valence electrons. The molecule has 0 saturated carbocycles. The zero-order chi connectivity index (χ0) is 21.7. The van der Waals surface area contributed by atoms with Gasteiger partial charge >= 0.3 is 0 Å². The molecule has 5 aromatic rings. The molecule has 0 amide bonds. The summed E-state index contributed by atoms with van der Waals surface area (Å²) < 4.78 is 9.72. The van der Waals surface area contributed by atoms with Gasteiger partial charge in [0.15, 0.2) is 5.13 Å². The monoisotopic (exact) mass is 504 g/mol. The number of nitrogens with one attached hydrogen (secondary N) is 1. The molecule has 1 unspecified atom stereocenters. The van der Waals surface area contributed by atoms with E-state index in [2.05, 4.69) is 73.3 Å². The van der Waals surface area contributed by atoms with Crippen LogP contribution in [0.2, 0.25) is 0 Å². The third-order valence-electron chi connectivity index (χ3n) is 6.13. The van der Waals surface area contributed by atoms with Crippen molar-refractivity contribution in [2.24, 2.45) is 0 Å². The van der Waals surface area contributed by atoms with E-state index in [1.165, 1.54) is 21.4 Å². The van der Waals surface area contributed by atoms with E-state index in [0.29, 0.717) is 6.04 Å². The maximum Gasteiger partial charge on any atom is 0.184 e. The Hall–Kier alpha value is -2.90. The number of benzene rings is 3. The first-order valence-corrected chi connectivity index (χ1v) is 12.2. The van der Waals surface area contributed by atoms with E-state index in [-0.39, 0.29) is 0 Å². The molecule has 2 aromatic heterocycles. The van der Waals surface area contributed by atoms with Gasteiger partial charge in [-0.2, -0.15) is 0 Å². The topological polar surface area (TPSA) is 52.0 Å². The molecule has 0 aliphatic heterocycles. The Kier molecular flexibility index (Phi) is 4.88. The molecule has 0 spiro atoms. The second kappa shape index (κ2) is 7.90. The summed E-state index contributed by atoms with van der Waals surface area (Å²) in [5, 5.41) is 4.66. The molecule has 7 heteroatoms. The number of aromatic nitrogens is 3.